The number of nitrogens with one attached hydrogen (secondary N) is 1. The molecule has 4 rings (SSSR count). The molecule has 2 N–H and O–H groups in total. The number of anilines is 1. The summed E-state index contributed by atoms with van der Waals surface area (Å²) in [4.78, 5) is 16.9. The fraction of sp³-hybridized carbons (Fsp3) is 0.0714. The number of aryl methyl sites for hydroxylation is 1. The maximum Gasteiger partial charge on any atom is 0.255 e. The number of aromatic hydroxyl groups is 1. The Morgan fingerprint density at radius 3 is 2.53 bits per heavy atom. The number of halogens is 2. The highest BCUT2D eigenvalue weighted by Gasteiger charge is 2.09. The minimum absolute atomic E-state index is 0.119. The normalized spacial score (nSPS) is 11.0. The van der Waals surface area contributed by atoms with Crippen LogP contribution in [0, 0.1) is 6.92 Å². The average molecular weight is 534 g/mol. The van der Waals surface area contributed by atoms with Crippen LogP contribution in [0.3, 0.4) is 0 Å². The molecular formula is C28H22BrClN2O2. The lowest BCUT2D eigenvalue weighted by molar-refractivity contribution is 0.102. The van der Waals surface area contributed by atoms with Crippen molar-refractivity contribution >= 4 is 51.0 Å². The molecule has 0 aliphatic heterocycles. The molecule has 0 aliphatic rings. The smallest absolute Gasteiger partial charge is 0.255 e. The van der Waals surface area contributed by atoms with E-state index in [1.165, 1.54) is 0 Å². The van der Waals surface area contributed by atoms with Gasteiger partial charge < -0.3 is 10.4 Å². The van der Waals surface area contributed by atoms with Gasteiger partial charge >= 0.3 is 0 Å². The number of carbonyl (C=O) groups is 1. The molecule has 1 amide bonds. The Balaban J connectivity index is 1.48. The molecule has 0 aromatic heterocycles. The van der Waals surface area contributed by atoms with E-state index in [-0.39, 0.29) is 11.7 Å². The van der Waals surface area contributed by atoms with Crippen LogP contribution < -0.4 is 5.32 Å². The largest absolute Gasteiger partial charge is 0.506 e. The second-order valence-electron chi connectivity index (χ2n) is 7.91. The van der Waals surface area contributed by atoms with Crippen molar-refractivity contribution in [1.82, 2.24) is 0 Å². The highest BCUT2D eigenvalue weighted by Crippen LogP contribution is 2.31. The molecule has 0 saturated heterocycles. The zero-order valence-electron chi connectivity index (χ0n) is 18.4. The van der Waals surface area contributed by atoms with Crippen molar-refractivity contribution < 1.29 is 9.90 Å². The van der Waals surface area contributed by atoms with Gasteiger partial charge in [0.05, 0.1) is 10.2 Å². The average Bonchev–Trinajstić information content (AvgIpc) is 2.83. The van der Waals surface area contributed by atoms with Crippen LogP contribution in [0.2, 0.25) is 5.02 Å². The van der Waals surface area contributed by atoms with Crippen LogP contribution in [-0.2, 0) is 6.42 Å². The van der Waals surface area contributed by atoms with Crippen LogP contribution in [0.25, 0.3) is 0 Å². The molecular weight excluding hydrogens is 512 g/mol. The number of amides is 1. The number of hydrogen-bond acceptors (Lipinski definition) is 3. The molecule has 4 aromatic carbocycles. The fourth-order valence-electron chi connectivity index (χ4n) is 3.51. The van der Waals surface area contributed by atoms with Crippen molar-refractivity contribution in [1.29, 1.82) is 0 Å². The second kappa shape index (κ2) is 10.7. The first-order chi connectivity index (χ1) is 16.4. The van der Waals surface area contributed by atoms with E-state index in [2.05, 4.69) is 26.2 Å². The maximum atomic E-state index is 12.4. The first-order valence-corrected chi connectivity index (χ1v) is 11.8. The third kappa shape index (κ3) is 5.93. The molecule has 0 atom stereocenters. The number of phenolic OH excluding ortho intramolecular Hbond substituents is 1. The molecule has 0 fully saturated rings. The zero-order valence-corrected chi connectivity index (χ0v) is 20.8. The number of hydrogen-bond donors (Lipinski definition) is 2. The number of benzene rings is 4. The molecule has 4 aromatic rings. The van der Waals surface area contributed by atoms with Gasteiger partial charge in [-0.2, -0.15) is 0 Å². The van der Waals surface area contributed by atoms with Crippen molar-refractivity contribution in [2.45, 2.75) is 13.3 Å². The molecule has 0 unspecified atom stereocenters. The number of rotatable bonds is 6. The van der Waals surface area contributed by atoms with E-state index in [4.69, 9.17) is 11.6 Å². The number of nitrogens with zero attached hydrogens (tertiary/aromatic N) is 1. The van der Waals surface area contributed by atoms with Crippen molar-refractivity contribution in [3.8, 4) is 5.75 Å². The van der Waals surface area contributed by atoms with Crippen molar-refractivity contribution in [3.05, 3.63) is 122 Å². The predicted molar refractivity (Wildman–Crippen MR) is 143 cm³/mol. The monoisotopic (exact) mass is 532 g/mol. The van der Waals surface area contributed by atoms with E-state index in [0.717, 1.165) is 16.7 Å². The summed E-state index contributed by atoms with van der Waals surface area (Å²) in [6.07, 6.45) is 2.26. The summed E-state index contributed by atoms with van der Waals surface area (Å²) in [7, 11) is 0. The Labute approximate surface area is 212 Å². The Bertz CT molecular complexity index is 1370. The van der Waals surface area contributed by atoms with E-state index in [0.29, 0.717) is 38.4 Å². The summed E-state index contributed by atoms with van der Waals surface area (Å²) in [5.74, 6) is -0.0428. The standard InChI is InChI=1S/C28H22BrClN2O2/c1-18-5-4-7-21(13-18)28(34)32-24-11-9-23(10-12-24)31-17-22-15-19(16-25(29)27(22)33)14-20-6-2-3-8-26(20)30/h2-13,15-17,33H,14H2,1H3,(H,32,34). The van der Waals surface area contributed by atoms with Gasteiger partial charge in [0.25, 0.3) is 5.91 Å². The van der Waals surface area contributed by atoms with Crippen molar-refractivity contribution in [3.63, 3.8) is 0 Å². The summed E-state index contributed by atoms with van der Waals surface area (Å²) < 4.78 is 0.590. The SMILES string of the molecule is Cc1cccc(C(=O)Nc2ccc(N=Cc3cc(Cc4ccccc4Cl)cc(Br)c3O)cc2)c1. The first-order valence-electron chi connectivity index (χ1n) is 10.7. The van der Waals surface area contributed by atoms with Gasteiger partial charge in [0.1, 0.15) is 5.75 Å². The Hall–Kier alpha value is -3.41. The molecule has 6 heteroatoms. The zero-order chi connectivity index (χ0) is 24.1. The molecule has 0 aliphatic carbocycles. The lowest BCUT2D eigenvalue weighted by Gasteiger charge is -2.09. The Kier molecular flexibility index (Phi) is 7.46. The van der Waals surface area contributed by atoms with E-state index in [9.17, 15) is 9.90 Å². The van der Waals surface area contributed by atoms with Crippen LogP contribution in [-0.4, -0.2) is 17.2 Å². The summed E-state index contributed by atoms with van der Waals surface area (Å²) in [5.41, 5.74) is 5.61. The molecule has 0 bridgehead atoms. The van der Waals surface area contributed by atoms with Gasteiger partial charge in [-0.3, -0.25) is 9.79 Å². The maximum absolute atomic E-state index is 12.4. The minimum Gasteiger partial charge on any atom is -0.506 e. The van der Waals surface area contributed by atoms with Gasteiger partial charge in [0.2, 0.25) is 0 Å². The van der Waals surface area contributed by atoms with Gasteiger partial charge in [0.15, 0.2) is 0 Å². The predicted octanol–water partition coefficient (Wildman–Crippen LogP) is 7.71. The summed E-state index contributed by atoms with van der Waals surface area (Å²) in [5, 5.41) is 14.1. The van der Waals surface area contributed by atoms with Gasteiger partial charge in [-0.25, -0.2) is 0 Å². The quantitative estimate of drug-likeness (QED) is 0.249. The topological polar surface area (TPSA) is 61.7 Å². The van der Waals surface area contributed by atoms with Crippen LogP contribution in [0.5, 0.6) is 5.75 Å². The summed E-state index contributed by atoms with van der Waals surface area (Å²) in [6, 6.07) is 26.1. The Morgan fingerprint density at radius 1 is 1.03 bits per heavy atom. The van der Waals surface area contributed by atoms with Gasteiger partial charge in [-0.05, 0) is 95.0 Å². The molecule has 0 saturated carbocycles. The van der Waals surface area contributed by atoms with E-state index >= 15 is 0 Å². The van der Waals surface area contributed by atoms with Crippen LogP contribution >= 0.6 is 27.5 Å². The second-order valence-corrected chi connectivity index (χ2v) is 9.17. The number of carbonyl (C=O) groups excluding carboxylic acids is 1. The van der Waals surface area contributed by atoms with E-state index < -0.39 is 0 Å². The lowest BCUT2D eigenvalue weighted by atomic mass is 10.0. The molecule has 0 spiro atoms. The third-order valence-corrected chi connectivity index (χ3v) is 6.24. The molecule has 4 nitrogen and oxygen atoms in total. The Morgan fingerprint density at radius 2 is 1.79 bits per heavy atom. The molecule has 170 valence electrons. The lowest BCUT2D eigenvalue weighted by Crippen LogP contribution is -2.11. The fourth-order valence-corrected chi connectivity index (χ4v) is 4.23. The van der Waals surface area contributed by atoms with Crippen LogP contribution in [0.1, 0.15) is 32.6 Å². The highest BCUT2D eigenvalue weighted by atomic mass is 79.9. The van der Waals surface area contributed by atoms with Gasteiger partial charge in [-0.1, -0.05) is 47.5 Å². The first kappa shape index (κ1) is 23.7. The van der Waals surface area contributed by atoms with Gasteiger partial charge in [-0.15, -0.1) is 0 Å². The van der Waals surface area contributed by atoms with E-state index in [1.54, 1.807) is 24.4 Å². The van der Waals surface area contributed by atoms with E-state index in [1.807, 2.05) is 73.7 Å². The molecule has 0 radical (unpaired) electrons. The van der Waals surface area contributed by atoms with Crippen molar-refractivity contribution in [2.75, 3.05) is 5.32 Å². The van der Waals surface area contributed by atoms with Gasteiger partial charge in [0, 0.05) is 28.1 Å². The minimum atomic E-state index is -0.162. The summed E-state index contributed by atoms with van der Waals surface area (Å²) in [6.45, 7) is 1.95. The van der Waals surface area contributed by atoms with Crippen LogP contribution in [0.4, 0.5) is 11.4 Å². The number of phenols is 1. The summed E-state index contributed by atoms with van der Waals surface area (Å²) >= 11 is 9.72. The van der Waals surface area contributed by atoms with Crippen LogP contribution in [0.15, 0.2) is 94.4 Å². The third-order valence-electron chi connectivity index (χ3n) is 5.26. The molecule has 34 heavy (non-hydrogen) atoms. The highest BCUT2D eigenvalue weighted by molar-refractivity contribution is 9.10. The number of aliphatic imine (C=N–C) groups is 1. The molecule has 0 heterocycles. The van der Waals surface area contributed by atoms with Crippen molar-refractivity contribution in [2.24, 2.45) is 4.99 Å².